The van der Waals surface area contributed by atoms with Crippen LogP contribution >= 0.6 is 0 Å². The van der Waals surface area contributed by atoms with Crippen molar-refractivity contribution in [1.29, 1.82) is 0 Å². The topological polar surface area (TPSA) is 74.2 Å². The molecule has 1 fully saturated rings. The van der Waals surface area contributed by atoms with Crippen molar-refractivity contribution >= 4 is 5.91 Å². The smallest absolute Gasteiger partial charge is 0.263 e. The zero-order valence-corrected chi connectivity index (χ0v) is 17.0. The average Bonchev–Trinajstić information content (AvgIpc) is 3.19. The number of carbonyl (C=O) groups excluding carboxylic acids is 1. The highest BCUT2D eigenvalue weighted by atomic mass is 16.2. The second-order valence-electron chi connectivity index (χ2n) is 7.82. The first-order chi connectivity index (χ1) is 13.5. The number of nitrogens with one attached hydrogen (secondary N) is 1. The van der Waals surface area contributed by atoms with E-state index in [0.717, 1.165) is 43.7 Å². The summed E-state index contributed by atoms with van der Waals surface area (Å²) in [6.07, 6.45) is 4.48. The van der Waals surface area contributed by atoms with Crippen molar-refractivity contribution in [3.63, 3.8) is 0 Å². The molecule has 2 aliphatic heterocycles. The molecular formula is C21H29N5O2. The number of aromatic nitrogens is 3. The summed E-state index contributed by atoms with van der Waals surface area (Å²) in [6, 6.07) is 3.54. The lowest BCUT2D eigenvalue weighted by Gasteiger charge is -2.50. The highest BCUT2D eigenvalue weighted by molar-refractivity contribution is 5.94. The molecule has 1 amide bonds. The van der Waals surface area contributed by atoms with Crippen molar-refractivity contribution < 1.29 is 4.79 Å². The molecule has 0 unspecified atom stereocenters. The van der Waals surface area contributed by atoms with Crippen LogP contribution in [0.25, 0.3) is 0 Å². The van der Waals surface area contributed by atoms with Gasteiger partial charge < -0.3 is 14.5 Å². The minimum Gasteiger partial charge on any atom is -0.348 e. The summed E-state index contributed by atoms with van der Waals surface area (Å²) >= 11 is 0. The molecule has 0 saturated carbocycles. The SMILES string of the molecule is CCN1CCc2[nH]cnc2C12CCN(C(=O)c1ccc(C)n(CC)c1=O)CC2. The Morgan fingerprint density at radius 3 is 2.61 bits per heavy atom. The summed E-state index contributed by atoms with van der Waals surface area (Å²) in [4.78, 5) is 38.1. The number of amides is 1. The highest BCUT2D eigenvalue weighted by Gasteiger charge is 2.46. The number of fused-ring (bicyclic) bond motifs is 2. The van der Waals surface area contributed by atoms with Crippen molar-refractivity contribution in [2.45, 2.75) is 52.1 Å². The van der Waals surface area contributed by atoms with Crippen LogP contribution in [0, 0.1) is 6.92 Å². The summed E-state index contributed by atoms with van der Waals surface area (Å²) in [5.41, 5.74) is 3.25. The van der Waals surface area contributed by atoms with Gasteiger partial charge in [-0.25, -0.2) is 4.98 Å². The molecule has 0 aliphatic carbocycles. The van der Waals surface area contributed by atoms with Crippen LogP contribution in [0.1, 0.15) is 54.1 Å². The summed E-state index contributed by atoms with van der Waals surface area (Å²) in [5, 5.41) is 0. The number of likely N-dealkylation sites (N-methyl/N-ethyl adjacent to an activating group) is 1. The number of carbonyl (C=O) groups is 1. The molecule has 0 bridgehead atoms. The number of rotatable bonds is 3. The van der Waals surface area contributed by atoms with Crippen LogP contribution in [0.15, 0.2) is 23.3 Å². The molecule has 28 heavy (non-hydrogen) atoms. The third-order valence-corrected chi connectivity index (χ3v) is 6.59. The van der Waals surface area contributed by atoms with E-state index >= 15 is 0 Å². The molecule has 0 aromatic carbocycles. The third kappa shape index (κ3) is 2.80. The van der Waals surface area contributed by atoms with Gasteiger partial charge in [0.2, 0.25) is 0 Å². The Morgan fingerprint density at radius 1 is 1.18 bits per heavy atom. The number of nitrogens with zero attached hydrogens (tertiary/aromatic N) is 4. The van der Waals surface area contributed by atoms with Crippen LogP contribution in [0.5, 0.6) is 0 Å². The van der Waals surface area contributed by atoms with E-state index in [1.54, 1.807) is 17.0 Å². The maximum Gasteiger partial charge on any atom is 0.263 e. The normalized spacial score (nSPS) is 19.0. The monoisotopic (exact) mass is 383 g/mol. The van der Waals surface area contributed by atoms with E-state index < -0.39 is 0 Å². The van der Waals surface area contributed by atoms with E-state index in [9.17, 15) is 9.59 Å². The lowest BCUT2D eigenvalue weighted by Crippen LogP contribution is -2.57. The zero-order valence-electron chi connectivity index (χ0n) is 17.0. The first-order valence-electron chi connectivity index (χ1n) is 10.3. The van der Waals surface area contributed by atoms with Gasteiger partial charge in [-0.05, 0) is 45.4 Å². The summed E-state index contributed by atoms with van der Waals surface area (Å²) in [5.74, 6) is -0.150. The lowest BCUT2D eigenvalue weighted by atomic mass is 9.78. The van der Waals surface area contributed by atoms with E-state index in [1.807, 2.05) is 24.8 Å². The number of imidazole rings is 1. The fourth-order valence-corrected chi connectivity index (χ4v) is 5.01. The van der Waals surface area contributed by atoms with Crippen LogP contribution in [0.2, 0.25) is 0 Å². The van der Waals surface area contributed by atoms with Gasteiger partial charge in [-0.3, -0.25) is 14.5 Å². The molecule has 7 nitrogen and oxygen atoms in total. The Balaban J connectivity index is 1.58. The molecule has 4 rings (SSSR count). The zero-order chi connectivity index (χ0) is 19.9. The predicted molar refractivity (Wildman–Crippen MR) is 107 cm³/mol. The molecule has 150 valence electrons. The van der Waals surface area contributed by atoms with Crippen LogP contribution in [-0.4, -0.2) is 56.4 Å². The molecule has 2 aliphatic rings. The van der Waals surface area contributed by atoms with Gasteiger partial charge in [0, 0.05) is 44.0 Å². The van der Waals surface area contributed by atoms with Gasteiger partial charge >= 0.3 is 0 Å². The highest BCUT2D eigenvalue weighted by Crippen LogP contribution is 2.42. The minimum absolute atomic E-state index is 0.101. The average molecular weight is 383 g/mol. The van der Waals surface area contributed by atoms with E-state index in [1.165, 1.54) is 5.69 Å². The maximum absolute atomic E-state index is 13.1. The Labute approximate surface area is 165 Å². The largest absolute Gasteiger partial charge is 0.348 e. The van der Waals surface area contributed by atoms with Crippen molar-refractivity contribution in [2.75, 3.05) is 26.2 Å². The molecule has 0 atom stereocenters. The third-order valence-electron chi connectivity index (χ3n) is 6.59. The Bertz CT molecular complexity index is 937. The van der Waals surface area contributed by atoms with Gasteiger partial charge in [-0.1, -0.05) is 6.92 Å². The van der Waals surface area contributed by atoms with Crippen molar-refractivity contribution in [3.8, 4) is 0 Å². The van der Waals surface area contributed by atoms with E-state index in [0.29, 0.717) is 19.6 Å². The van der Waals surface area contributed by atoms with Gasteiger partial charge in [0.25, 0.3) is 11.5 Å². The standard InChI is InChI=1S/C21H29N5O2/c1-4-25-11-8-17-18(23-14-22-17)21(25)9-12-24(13-10-21)19(27)16-7-6-15(3)26(5-2)20(16)28/h6-7,14H,4-5,8-13H2,1-3H3,(H,22,23). The van der Waals surface area contributed by atoms with Crippen molar-refractivity contribution in [2.24, 2.45) is 0 Å². The quantitative estimate of drug-likeness (QED) is 0.879. The number of pyridine rings is 1. The molecule has 7 heteroatoms. The van der Waals surface area contributed by atoms with Gasteiger partial charge in [-0.2, -0.15) is 0 Å². The van der Waals surface area contributed by atoms with Gasteiger partial charge in [0.1, 0.15) is 5.56 Å². The minimum atomic E-state index is -0.185. The van der Waals surface area contributed by atoms with Crippen molar-refractivity contribution in [1.82, 2.24) is 24.3 Å². The van der Waals surface area contributed by atoms with E-state index in [-0.39, 0.29) is 22.6 Å². The van der Waals surface area contributed by atoms with Gasteiger partial charge in [0.05, 0.1) is 17.6 Å². The molecule has 2 aromatic heterocycles. The first-order valence-corrected chi connectivity index (χ1v) is 10.3. The number of piperidine rings is 1. The fourth-order valence-electron chi connectivity index (χ4n) is 5.01. The fraction of sp³-hybridized carbons (Fsp3) is 0.571. The lowest BCUT2D eigenvalue weighted by molar-refractivity contribution is 0.0102. The van der Waals surface area contributed by atoms with Crippen molar-refractivity contribution in [3.05, 3.63) is 51.5 Å². The van der Waals surface area contributed by atoms with E-state index in [2.05, 4.69) is 21.8 Å². The van der Waals surface area contributed by atoms with Crippen LogP contribution in [-0.2, 0) is 18.5 Å². The predicted octanol–water partition coefficient (Wildman–Crippen LogP) is 1.91. The number of aromatic amines is 1. The Kier molecular flexibility index (Phi) is 4.87. The number of likely N-dealkylation sites (tertiary alicyclic amines) is 1. The molecule has 0 radical (unpaired) electrons. The number of hydrogen-bond donors (Lipinski definition) is 1. The second kappa shape index (κ2) is 7.20. The molecule has 1 saturated heterocycles. The van der Waals surface area contributed by atoms with Gasteiger partial charge in [0.15, 0.2) is 0 Å². The molecule has 1 N–H and O–H groups in total. The Morgan fingerprint density at radius 2 is 1.93 bits per heavy atom. The summed E-state index contributed by atoms with van der Waals surface area (Å²) in [7, 11) is 0. The van der Waals surface area contributed by atoms with E-state index in [4.69, 9.17) is 0 Å². The molecule has 4 heterocycles. The number of hydrogen-bond acceptors (Lipinski definition) is 4. The maximum atomic E-state index is 13.1. The first kappa shape index (κ1) is 18.9. The van der Waals surface area contributed by atoms with Gasteiger partial charge in [-0.15, -0.1) is 0 Å². The number of aryl methyl sites for hydroxylation is 1. The molecular weight excluding hydrogens is 354 g/mol. The summed E-state index contributed by atoms with van der Waals surface area (Å²) in [6.45, 7) is 9.85. The Hall–Kier alpha value is -2.41. The summed E-state index contributed by atoms with van der Waals surface area (Å²) < 4.78 is 1.66. The second-order valence-corrected chi connectivity index (χ2v) is 7.82. The number of H-pyrrole nitrogens is 1. The van der Waals surface area contributed by atoms with Crippen LogP contribution in [0.4, 0.5) is 0 Å². The van der Waals surface area contributed by atoms with Crippen LogP contribution < -0.4 is 5.56 Å². The molecule has 1 spiro atoms. The van der Waals surface area contributed by atoms with Crippen LogP contribution in [0.3, 0.4) is 0 Å². The molecule has 2 aromatic rings.